The van der Waals surface area contributed by atoms with E-state index in [1.54, 1.807) is 11.3 Å². The number of fused-ring (bicyclic) bond motifs is 1. The smallest absolute Gasteiger partial charge is 0.214 e. The summed E-state index contributed by atoms with van der Waals surface area (Å²) in [5.41, 5.74) is 4.46. The van der Waals surface area contributed by atoms with Crippen molar-refractivity contribution >= 4 is 27.1 Å². The fourth-order valence-corrected chi connectivity index (χ4v) is 3.65. The van der Waals surface area contributed by atoms with Gasteiger partial charge < -0.3 is 10.2 Å². The van der Waals surface area contributed by atoms with E-state index in [1.807, 2.05) is 61.5 Å². The van der Waals surface area contributed by atoms with Crippen molar-refractivity contribution in [2.75, 3.05) is 30.9 Å². The van der Waals surface area contributed by atoms with Crippen molar-refractivity contribution in [2.45, 2.75) is 6.42 Å². The van der Waals surface area contributed by atoms with Gasteiger partial charge in [0, 0.05) is 44.3 Å². The van der Waals surface area contributed by atoms with Crippen molar-refractivity contribution < 1.29 is 0 Å². The molecule has 26 heavy (non-hydrogen) atoms. The van der Waals surface area contributed by atoms with E-state index in [4.69, 9.17) is 4.98 Å². The van der Waals surface area contributed by atoms with Gasteiger partial charge in [0.1, 0.15) is 0 Å². The van der Waals surface area contributed by atoms with Gasteiger partial charge in [-0.05, 0) is 30.2 Å². The zero-order valence-corrected chi connectivity index (χ0v) is 15.6. The first-order valence-electron chi connectivity index (χ1n) is 8.46. The molecule has 3 heterocycles. The fraction of sp³-hybridized carbons (Fsp3) is 0.211. The Kier molecular flexibility index (Phi) is 4.53. The van der Waals surface area contributed by atoms with Crippen LogP contribution >= 0.6 is 11.3 Å². The number of aromatic nitrogens is 4. The lowest BCUT2D eigenvalue weighted by molar-refractivity contribution is 0.947. The Hall–Kier alpha value is -2.93. The summed E-state index contributed by atoms with van der Waals surface area (Å²) in [6, 6.07) is 12.3. The van der Waals surface area contributed by atoms with E-state index in [-0.39, 0.29) is 0 Å². The van der Waals surface area contributed by atoms with Crippen LogP contribution in [0.1, 0.15) is 5.56 Å². The van der Waals surface area contributed by atoms with Crippen molar-refractivity contribution in [3.05, 3.63) is 60.6 Å². The first kappa shape index (κ1) is 16.5. The van der Waals surface area contributed by atoms with Gasteiger partial charge >= 0.3 is 0 Å². The maximum Gasteiger partial charge on any atom is 0.214 e. The van der Waals surface area contributed by atoms with Gasteiger partial charge in [0.2, 0.25) is 10.1 Å². The molecule has 4 rings (SSSR count). The summed E-state index contributed by atoms with van der Waals surface area (Å²) < 4.78 is 1.85. The average Bonchev–Trinajstić information content (AvgIpc) is 3.21. The Morgan fingerprint density at radius 3 is 2.69 bits per heavy atom. The van der Waals surface area contributed by atoms with E-state index in [0.29, 0.717) is 0 Å². The lowest BCUT2D eigenvalue weighted by Gasteiger charge is -2.15. The second-order valence-corrected chi connectivity index (χ2v) is 7.16. The predicted molar refractivity (Wildman–Crippen MR) is 107 cm³/mol. The molecule has 132 valence electrons. The Labute approximate surface area is 156 Å². The minimum Gasteiger partial charge on any atom is -0.377 e. The monoisotopic (exact) mass is 364 g/mol. The third-order valence-corrected chi connectivity index (χ3v) is 5.02. The van der Waals surface area contributed by atoms with Gasteiger partial charge in [0.15, 0.2) is 0 Å². The van der Waals surface area contributed by atoms with E-state index >= 15 is 0 Å². The van der Waals surface area contributed by atoms with Gasteiger partial charge in [-0.3, -0.25) is 4.98 Å². The molecule has 0 aliphatic carbocycles. The fourth-order valence-electron chi connectivity index (χ4n) is 2.84. The highest BCUT2D eigenvalue weighted by Gasteiger charge is 2.13. The standard InChI is InChI=1S/C19H20N6S/c1-24(2)17-6-4-3-5-15(17)16-13-25-19(22-16)26-18(23-25)21-12-9-14-7-10-20-11-8-14/h3-8,10-11,13H,9,12H2,1-2H3,(H,21,23). The third kappa shape index (κ3) is 3.39. The second-order valence-electron chi connectivity index (χ2n) is 6.20. The number of pyridine rings is 1. The van der Waals surface area contributed by atoms with Gasteiger partial charge in [-0.1, -0.05) is 29.5 Å². The molecule has 1 N–H and O–H groups in total. The summed E-state index contributed by atoms with van der Waals surface area (Å²) in [6.07, 6.45) is 6.56. The van der Waals surface area contributed by atoms with E-state index < -0.39 is 0 Å². The average molecular weight is 364 g/mol. The number of nitrogens with zero attached hydrogens (tertiary/aromatic N) is 5. The van der Waals surface area contributed by atoms with Crippen LogP contribution < -0.4 is 10.2 Å². The Morgan fingerprint density at radius 1 is 1.12 bits per heavy atom. The highest BCUT2D eigenvalue weighted by atomic mass is 32.1. The number of hydrogen-bond acceptors (Lipinski definition) is 6. The van der Waals surface area contributed by atoms with E-state index in [1.165, 1.54) is 5.56 Å². The quantitative estimate of drug-likeness (QED) is 0.567. The van der Waals surface area contributed by atoms with Gasteiger partial charge in [-0.2, -0.15) is 0 Å². The van der Waals surface area contributed by atoms with Crippen LogP contribution in [-0.2, 0) is 6.42 Å². The lowest BCUT2D eigenvalue weighted by Crippen LogP contribution is -2.09. The zero-order valence-electron chi connectivity index (χ0n) is 14.8. The van der Waals surface area contributed by atoms with E-state index in [9.17, 15) is 0 Å². The largest absolute Gasteiger partial charge is 0.377 e. The topological polar surface area (TPSA) is 58.4 Å². The molecule has 0 saturated carbocycles. The molecule has 1 aromatic carbocycles. The molecule has 0 saturated heterocycles. The number of benzene rings is 1. The summed E-state index contributed by atoms with van der Waals surface area (Å²) in [5, 5.41) is 8.86. The molecular formula is C19H20N6S. The van der Waals surface area contributed by atoms with Gasteiger partial charge in [-0.25, -0.2) is 9.50 Å². The first-order valence-corrected chi connectivity index (χ1v) is 9.28. The maximum absolute atomic E-state index is 4.76. The molecule has 0 bridgehead atoms. The zero-order chi connectivity index (χ0) is 17.9. The van der Waals surface area contributed by atoms with Crippen molar-refractivity contribution in [3.8, 4) is 11.3 Å². The summed E-state index contributed by atoms with van der Waals surface area (Å²) in [5.74, 6) is 0. The van der Waals surface area contributed by atoms with Crippen LogP contribution in [0.4, 0.5) is 10.8 Å². The van der Waals surface area contributed by atoms with Crippen molar-refractivity contribution in [1.29, 1.82) is 0 Å². The Bertz CT molecular complexity index is 974. The molecular weight excluding hydrogens is 344 g/mol. The molecule has 6 nitrogen and oxygen atoms in total. The normalized spacial score (nSPS) is 11.0. The molecule has 0 spiro atoms. The van der Waals surface area contributed by atoms with Crippen molar-refractivity contribution in [1.82, 2.24) is 19.6 Å². The first-order chi connectivity index (χ1) is 12.7. The minimum atomic E-state index is 0.830. The second kappa shape index (κ2) is 7.13. The number of hydrogen-bond donors (Lipinski definition) is 1. The van der Waals surface area contributed by atoms with Crippen LogP contribution in [0.5, 0.6) is 0 Å². The number of rotatable bonds is 6. The lowest BCUT2D eigenvalue weighted by atomic mass is 10.1. The van der Waals surface area contributed by atoms with Gasteiger partial charge in [-0.15, -0.1) is 5.10 Å². The molecule has 0 unspecified atom stereocenters. The Balaban J connectivity index is 1.49. The molecule has 0 atom stereocenters. The van der Waals surface area contributed by atoms with Crippen LogP contribution in [-0.4, -0.2) is 40.2 Å². The maximum atomic E-state index is 4.76. The molecule has 0 aliphatic heterocycles. The highest BCUT2D eigenvalue weighted by molar-refractivity contribution is 7.20. The molecule has 0 aliphatic rings. The number of anilines is 2. The number of imidazole rings is 1. The van der Waals surface area contributed by atoms with E-state index in [0.717, 1.165) is 40.0 Å². The molecule has 3 aromatic heterocycles. The predicted octanol–water partition coefficient (Wildman–Crippen LogP) is 3.57. The third-order valence-electron chi connectivity index (χ3n) is 4.14. The van der Waals surface area contributed by atoms with Crippen LogP contribution in [0.2, 0.25) is 0 Å². The molecule has 7 heteroatoms. The van der Waals surface area contributed by atoms with Crippen LogP contribution in [0, 0.1) is 0 Å². The summed E-state index contributed by atoms with van der Waals surface area (Å²) in [4.78, 5) is 11.8. The number of nitrogens with one attached hydrogen (secondary N) is 1. The van der Waals surface area contributed by atoms with Crippen LogP contribution in [0.25, 0.3) is 16.2 Å². The summed E-state index contributed by atoms with van der Waals surface area (Å²) in [7, 11) is 4.08. The van der Waals surface area contributed by atoms with Crippen LogP contribution in [0.15, 0.2) is 55.0 Å². The SMILES string of the molecule is CN(C)c1ccccc1-c1cn2nc(NCCc3ccncc3)sc2n1. The molecule has 0 fully saturated rings. The van der Waals surface area contributed by atoms with Crippen molar-refractivity contribution in [3.63, 3.8) is 0 Å². The molecule has 4 aromatic rings. The summed E-state index contributed by atoms with van der Waals surface area (Å²) >= 11 is 1.57. The number of para-hydroxylation sites is 1. The van der Waals surface area contributed by atoms with Gasteiger partial charge in [0.25, 0.3) is 0 Å². The summed E-state index contributed by atoms with van der Waals surface area (Å²) in [6.45, 7) is 0.830. The van der Waals surface area contributed by atoms with E-state index in [2.05, 4.69) is 32.4 Å². The highest BCUT2D eigenvalue weighted by Crippen LogP contribution is 2.30. The minimum absolute atomic E-state index is 0.830. The van der Waals surface area contributed by atoms with Gasteiger partial charge in [0.05, 0.1) is 11.9 Å². The molecule has 0 amide bonds. The Morgan fingerprint density at radius 2 is 1.92 bits per heavy atom. The van der Waals surface area contributed by atoms with Crippen LogP contribution in [0.3, 0.4) is 0 Å². The molecule has 0 radical (unpaired) electrons. The van der Waals surface area contributed by atoms with Crippen molar-refractivity contribution in [2.24, 2.45) is 0 Å².